The van der Waals surface area contributed by atoms with Gasteiger partial charge in [0.05, 0.1) is 9.15 Å². The summed E-state index contributed by atoms with van der Waals surface area (Å²) in [5.41, 5.74) is 9.18. The van der Waals surface area contributed by atoms with E-state index < -0.39 is 29.3 Å². The number of ether oxygens (including phenoxy) is 1. The topological polar surface area (TPSA) is 72.6 Å². The number of rotatable bonds is 3. The van der Waals surface area contributed by atoms with Crippen LogP contribution in [0.3, 0.4) is 0 Å². The van der Waals surface area contributed by atoms with Crippen molar-refractivity contribution in [3.63, 3.8) is 0 Å². The van der Waals surface area contributed by atoms with Crippen molar-refractivity contribution in [3.05, 3.63) is 61.5 Å². The van der Waals surface area contributed by atoms with Gasteiger partial charge in [0.2, 0.25) is 5.91 Å². The SMILES string of the molecule is NC(=O)c1cc(F)cc(OC2=C=C=C3C(=C2I)C(O)C3(F)F)c1. The fourth-order valence-corrected chi connectivity index (χ4v) is 3.00. The second-order valence-electron chi connectivity index (χ2n) is 4.85. The van der Waals surface area contributed by atoms with Gasteiger partial charge in [-0.1, -0.05) is 5.73 Å². The molecule has 0 aromatic heterocycles. The first-order valence-corrected chi connectivity index (χ1v) is 7.30. The van der Waals surface area contributed by atoms with Crippen LogP contribution in [0.4, 0.5) is 13.2 Å². The number of nitrogens with two attached hydrogens (primary N) is 1. The Labute approximate surface area is 141 Å². The van der Waals surface area contributed by atoms with Crippen LogP contribution in [0, 0.1) is 5.82 Å². The number of hydrogen-bond acceptors (Lipinski definition) is 3. The fraction of sp³-hybridized carbons (Fsp3) is 0.133. The van der Waals surface area contributed by atoms with Crippen LogP contribution >= 0.6 is 22.6 Å². The summed E-state index contributed by atoms with van der Waals surface area (Å²) in [6, 6.07) is 3.15. The molecule has 0 spiro atoms. The van der Waals surface area contributed by atoms with E-state index in [1.54, 1.807) is 22.6 Å². The smallest absolute Gasteiger partial charge is 0.310 e. The number of fused-ring (bicyclic) bond motifs is 1. The molecule has 2 aliphatic carbocycles. The van der Waals surface area contributed by atoms with Gasteiger partial charge in [-0.05, 0) is 40.5 Å². The molecule has 8 heteroatoms. The van der Waals surface area contributed by atoms with E-state index in [-0.39, 0.29) is 26.2 Å². The van der Waals surface area contributed by atoms with Gasteiger partial charge >= 0.3 is 5.92 Å². The molecule has 4 nitrogen and oxygen atoms in total. The van der Waals surface area contributed by atoms with Gasteiger partial charge in [0, 0.05) is 17.2 Å². The summed E-state index contributed by atoms with van der Waals surface area (Å²) < 4.78 is 45.9. The Hall–Kier alpha value is -1.99. The van der Waals surface area contributed by atoms with Gasteiger partial charge in [0.15, 0.2) is 5.76 Å². The number of amides is 1. The van der Waals surface area contributed by atoms with Crippen LogP contribution in [0.5, 0.6) is 5.75 Å². The van der Waals surface area contributed by atoms with E-state index in [1.807, 2.05) is 0 Å². The highest BCUT2D eigenvalue weighted by atomic mass is 127. The third kappa shape index (κ3) is 2.49. The first-order valence-electron chi connectivity index (χ1n) is 6.22. The molecule has 3 N–H and O–H groups in total. The maximum atomic E-state index is 13.5. The standard InChI is InChI=1S/C15H7F3INO3/c16-7-3-6(14(20)22)4-8(5-7)23-10-2-1-9-11(12(10)19)13(21)15(9,17)18/h3-5,13,21H,(H2,20,22). The minimum Gasteiger partial charge on any atom is -0.447 e. The lowest BCUT2D eigenvalue weighted by molar-refractivity contribution is -0.0915. The maximum absolute atomic E-state index is 13.5. The van der Waals surface area contributed by atoms with Crippen molar-refractivity contribution in [1.29, 1.82) is 0 Å². The highest BCUT2D eigenvalue weighted by Gasteiger charge is 2.59. The van der Waals surface area contributed by atoms with Crippen LogP contribution in [0.15, 0.2) is 50.1 Å². The van der Waals surface area contributed by atoms with Gasteiger partial charge in [0.25, 0.3) is 0 Å². The third-order valence-electron chi connectivity index (χ3n) is 3.33. The number of carbonyl (C=O) groups is 1. The molecule has 1 atom stereocenters. The molecule has 2 aliphatic rings. The molecule has 0 heterocycles. The largest absolute Gasteiger partial charge is 0.447 e. The number of alkyl halides is 2. The number of halogens is 4. The molecule has 1 unspecified atom stereocenters. The van der Waals surface area contributed by atoms with Crippen LogP contribution in [0.2, 0.25) is 0 Å². The summed E-state index contributed by atoms with van der Waals surface area (Å²) in [4.78, 5) is 11.1. The maximum Gasteiger partial charge on any atom is 0.310 e. The van der Waals surface area contributed by atoms with Gasteiger partial charge in [-0.2, -0.15) is 8.78 Å². The Balaban J connectivity index is 2.01. The highest BCUT2D eigenvalue weighted by Crippen LogP contribution is 2.51. The van der Waals surface area contributed by atoms with Gasteiger partial charge in [-0.15, -0.1) is 0 Å². The number of carbonyl (C=O) groups excluding carboxylic acids is 1. The predicted octanol–water partition coefficient (Wildman–Crippen LogP) is 2.58. The van der Waals surface area contributed by atoms with Crippen molar-refractivity contribution in [1.82, 2.24) is 0 Å². The van der Waals surface area contributed by atoms with E-state index >= 15 is 0 Å². The predicted molar refractivity (Wildman–Crippen MR) is 81.6 cm³/mol. The van der Waals surface area contributed by atoms with Crippen molar-refractivity contribution >= 4 is 28.5 Å². The number of benzene rings is 1. The molecule has 1 aromatic rings. The lowest BCUT2D eigenvalue weighted by Gasteiger charge is -2.38. The summed E-state index contributed by atoms with van der Waals surface area (Å²) in [6.07, 6.45) is -1.95. The monoisotopic (exact) mass is 433 g/mol. The zero-order valence-electron chi connectivity index (χ0n) is 11.2. The number of aliphatic hydroxyl groups excluding tert-OH is 1. The number of hydrogen-bond donors (Lipinski definition) is 2. The minimum atomic E-state index is -3.37. The zero-order chi connectivity index (χ0) is 16.9. The number of aliphatic hydroxyl groups is 1. The Morgan fingerprint density at radius 1 is 1.35 bits per heavy atom. The summed E-state index contributed by atoms with van der Waals surface area (Å²) in [5.74, 6) is -5.03. The van der Waals surface area contributed by atoms with Crippen molar-refractivity contribution in [2.75, 3.05) is 0 Å². The molecule has 0 bridgehead atoms. The van der Waals surface area contributed by atoms with E-state index in [0.717, 1.165) is 12.1 Å². The average molecular weight is 433 g/mol. The zero-order valence-corrected chi connectivity index (χ0v) is 13.3. The molecule has 1 saturated carbocycles. The van der Waals surface area contributed by atoms with Crippen LogP contribution in [0.25, 0.3) is 0 Å². The molecular formula is C15H7F3INO3. The normalized spacial score (nSPS) is 21.2. The molecule has 1 amide bonds. The number of primary amides is 1. The van der Waals surface area contributed by atoms with Crippen LogP contribution in [-0.2, 0) is 0 Å². The molecule has 0 radical (unpaired) electrons. The number of allylic oxidation sites excluding steroid dienone is 1. The van der Waals surface area contributed by atoms with E-state index in [0.29, 0.717) is 0 Å². The third-order valence-corrected chi connectivity index (χ3v) is 4.40. The quantitative estimate of drug-likeness (QED) is 0.569. The lowest BCUT2D eigenvalue weighted by atomic mass is 9.77. The Morgan fingerprint density at radius 2 is 2.04 bits per heavy atom. The first kappa shape index (κ1) is 15.9. The van der Waals surface area contributed by atoms with E-state index in [9.17, 15) is 23.1 Å². The van der Waals surface area contributed by atoms with Crippen LogP contribution in [-0.4, -0.2) is 23.0 Å². The molecule has 0 aliphatic heterocycles. The van der Waals surface area contributed by atoms with Crippen molar-refractivity contribution < 1.29 is 27.8 Å². The molecule has 3 rings (SSSR count). The molecule has 118 valence electrons. The second-order valence-corrected chi connectivity index (χ2v) is 5.93. The van der Waals surface area contributed by atoms with Crippen molar-refractivity contribution in [2.24, 2.45) is 5.73 Å². The lowest BCUT2D eigenvalue weighted by Crippen LogP contribution is -2.49. The second kappa shape index (κ2) is 5.28. The van der Waals surface area contributed by atoms with Crippen molar-refractivity contribution in [2.45, 2.75) is 12.0 Å². The summed E-state index contributed by atoms with van der Waals surface area (Å²) in [6.45, 7) is 0. The molecular weight excluding hydrogens is 426 g/mol. The molecule has 0 saturated heterocycles. The van der Waals surface area contributed by atoms with Gasteiger partial charge in [-0.25, -0.2) is 4.39 Å². The molecule has 23 heavy (non-hydrogen) atoms. The van der Waals surface area contributed by atoms with Gasteiger partial charge in [-0.3, -0.25) is 4.79 Å². The summed E-state index contributed by atoms with van der Waals surface area (Å²) >= 11 is 1.72. The van der Waals surface area contributed by atoms with Gasteiger partial charge < -0.3 is 15.6 Å². The van der Waals surface area contributed by atoms with Crippen LogP contribution in [0.1, 0.15) is 10.4 Å². The van der Waals surface area contributed by atoms with Gasteiger partial charge in [0.1, 0.15) is 17.7 Å². The average Bonchev–Trinajstić information content (AvgIpc) is 2.48. The Kier molecular flexibility index (Phi) is 3.65. The summed E-state index contributed by atoms with van der Waals surface area (Å²) in [7, 11) is 0. The summed E-state index contributed by atoms with van der Waals surface area (Å²) in [5, 5.41) is 9.49. The highest BCUT2D eigenvalue weighted by molar-refractivity contribution is 14.1. The molecule has 1 aromatic carbocycles. The van der Waals surface area contributed by atoms with E-state index in [2.05, 4.69) is 11.5 Å². The van der Waals surface area contributed by atoms with E-state index in [1.165, 1.54) is 6.07 Å². The molecule has 1 fully saturated rings. The Bertz CT molecular complexity index is 878. The minimum absolute atomic E-state index is 0.00382. The van der Waals surface area contributed by atoms with Crippen molar-refractivity contribution in [3.8, 4) is 5.75 Å². The first-order chi connectivity index (χ1) is 10.7. The van der Waals surface area contributed by atoms with E-state index in [4.69, 9.17) is 10.5 Å². The fourth-order valence-electron chi connectivity index (χ4n) is 2.19. The Morgan fingerprint density at radius 3 is 2.70 bits per heavy atom. The van der Waals surface area contributed by atoms with Crippen LogP contribution < -0.4 is 10.5 Å².